The third kappa shape index (κ3) is 3.77. The highest BCUT2D eigenvalue weighted by molar-refractivity contribution is 5.77. The molecule has 0 atom stereocenters. The van der Waals surface area contributed by atoms with Crippen LogP contribution in [-0.2, 0) is 10.8 Å². The van der Waals surface area contributed by atoms with Crippen molar-refractivity contribution in [2.75, 3.05) is 0 Å². The van der Waals surface area contributed by atoms with Crippen LogP contribution in [0.5, 0.6) is 5.75 Å². The van der Waals surface area contributed by atoms with Crippen LogP contribution in [0.2, 0.25) is 0 Å². The van der Waals surface area contributed by atoms with E-state index in [9.17, 15) is 5.11 Å². The molecule has 0 bridgehead atoms. The third-order valence-electron chi connectivity index (χ3n) is 6.55. The van der Waals surface area contributed by atoms with E-state index in [0.29, 0.717) is 5.75 Å². The Bertz CT molecular complexity index is 1170. The van der Waals surface area contributed by atoms with Gasteiger partial charge in [0.05, 0.1) is 0 Å². The van der Waals surface area contributed by atoms with Gasteiger partial charge < -0.3 is 5.11 Å². The van der Waals surface area contributed by atoms with Crippen LogP contribution in [0, 0.1) is 0 Å². The van der Waals surface area contributed by atoms with Crippen molar-refractivity contribution in [1.29, 1.82) is 0 Å². The van der Waals surface area contributed by atoms with Crippen LogP contribution in [0.3, 0.4) is 0 Å². The van der Waals surface area contributed by atoms with E-state index in [1.165, 1.54) is 22.3 Å². The fourth-order valence-electron chi connectivity index (χ4n) is 4.68. The SMILES string of the molecule is CC(C)(c1ccccc1)c1cccc(-c2ccccc2O)c1C(C)(C)c1ccccc1. The number of phenols is 1. The van der Waals surface area contributed by atoms with Crippen molar-refractivity contribution in [3.63, 3.8) is 0 Å². The molecule has 0 saturated heterocycles. The summed E-state index contributed by atoms with van der Waals surface area (Å²) in [6.07, 6.45) is 0. The van der Waals surface area contributed by atoms with Crippen LogP contribution in [0.1, 0.15) is 49.9 Å². The molecular formula is C30H30O. The Morgan fingerprint density at radius 1 is 0.484 bits per heavy atom. The summed E-state index contributed by atoms with van der Waals surface area (Å²) < 4.78 is 0. The van der Waals surface area contributed by atoms with Gasteiger partial charge in [-0.05, 0) is 33.9 Å². The molecule has 0 fully saturated rings. The Kier molecular flexibility index (Phi) is 5.45. The lowest BCUT2D eigenvalue weighted by molar-refractivity contribution is 0.477. The predicted octanol–water partition coefficient (Wildman–Crippen LogP) is 7.71. The molecule has 4 aromatic rings. The van der Waals surface area contributed by atoms with E-state index >= 15 is 0 Å². The molecule has 0 spiro atoms. The molecule has 0 aliphatic rings. The van der Waals surface area contributed by atoms with E-state index in [1.807, 2.05) is 18.2 Å². The van der Waals surface area contributed by atoms with Gasteiger partial charge in [0.1, 0.15) is 5.75 Å². The molecule has 4 aromatic carbocycles. The van der Waals surface area contributed by atoms with Gasteiger partial charge in [-0.1, -0.05) is 125 Å². The summed E-state index contributed by atoms with van der Waals surface area (Å²) in [6, 6.07) is 35.5. The van der Waals surface area contributed by atoms with E-state index in [2.05, 4.69) is 107 Å². The van der Waals surface area contributed by atoms with Gasteiger partial charge in [-0.25, -0.2) is 0 Å². The first-order valence-electron chi connectivity index (χ1n) is 10.9. The minimum Gasteiger partial charge on any atom is -0.507 e. The Balaban J connectivity index is 2.06. The zero-order chi connectivity index (χ0) is 22.1. The highest BCUT2D eigenvalue weighted by Crippen LogP contribution is 2.46. The third-order valence-corrected chi connectivity index (χ3v) is 6.55. The Morgan fingerprint density at radius 3 is 1.55 bits per heavy atom. The van der Waals surface area contributed by atoms with E-state index in [0.717, 1.165) is 11.1 Å². The predicted molar refractivity (Wildman–Crippen MR) is 131 cm³/mol. The Hall–Kier alpha value is -3.32. The van der Waals surface area contributed by atoms with Crippen molar-refractivity contribution < 1.29 is 5.11 Å². The van der Waals surface area contributed by atoms with Crippen molar-refractivity contribution >= 4 is 0 Å². The van der Waals surface area contributed by atoms with Crippen molar-refractivity contribution in [3.8, 4) is 16.9 Å². The first-order valence-corrected chi connectivity index (χ1v) is 10.9. The number of benzene rings is 4. The number of hydrogen-bond acceptors (Lipinski definition) is 1. The molecule has 156 valence electrons. The minimum atomic E-state index is -0.262. The maximum Gasteiger partial charge on any atom is 0.123 e. The maximum atomic E-state index is 10.7. The van der Waals surface area contributed by atoms with Gasteiger partial charge in [-0.3, -0.25) is 0 Å². The van der Waals surface area contributed by atoms with Gasteiger partial charge in [-0.15, -0.1) is 0 Å². The first-order chi connectivity index (χ1) is 14.8. The average Bonchev–Trinajstić information content (AvgIpc) is 2.80. The molecule has 1 heteroatoms. The summed E-state index contributed by atoms with van der Waals surface area (Å²) in [6.45, 7) is 9.14. The molecule has 0 saturated carbocycles. The van der Waals surface area contributed by atoms with Crippen LogP contribution in [0.4, 0.5) is 0 Å². The molecule has 1 N–H and O–H groups in total. The summed E-state index contributed by atoms with van der Waals surface area (Å²) >= 11 is 0. The monoisotopic (exact) mass is 406 g/mol. The second-order valence-corrected chi connectivity index (χ2v) is 9.23. The summed E-state index contributed by atoms with van der Waals surface area (Å²) in [5.41, 5.74) is 6.52. The molecular weight excluding hydrogens is 376 g/mol. The highest BCUT2D eigenvalue weighted by Gasteiger charge is 2.35. The van der Waals surface area contributed by atoms with Gasteiger partial charge in [-0.2, -0.15) is 0 Å². The number of para-hydroxylation sites is 1. The largest absolute Gasteiger partial charge is 0.507 e. The minimum absolute atomic E-state index is 0.205. The number of aromatic hydroxyl groups is 1. The number of hydrogen-bond donors (Lipinski definition) is 1. The highest BCUT2D eigenvalue weighted by atomic mass is 16.3. The summed E-state index contributed by atoms with van der Waals surface area (Å²) in [7, 11) is 0. The topological polar surface area (TPSA) is 20.2 Å². The van der Waals surface area contributed by atoms with Crippen LogP contribution in [-0.4, -0.2) is 5.11 Å². The number of phenolic OH excluding ortho intramolecular Hbond substituents is 1. The first kappa shape index (κ1) is 20.9. The van der Waals surface area contributed by atoms with Gasteiger partial charge in [0, 0.05) is 16.4 Å². The van der Waals surface area contributed by atoms with Crippen molar-refractivity contribution in [3.05, 3.63) is 125 Å². The van der Waals surface area contributed by atoms with Crippen molar-refractivity contribution in [2.45, 2.75) is 38.5 Å². The van der Waals surface area contributed by atoms with Gasteiger partial charge in [0.15, 0.2) is 0 Å². The van der Waals surface area contributed by atoms with Gasteiger partial charge in [0.2, 0.25) is 0 Å². The fourth-order valence-corrected chi connectivity index (χ4v) is 4.68. The maximum absolute atomic E-state index is 10.7. The second-order valence-electron chi connectivity index (χ2n) is 9.23. The summed E-state index contributed by atoms with van der Waals surface area (Å²) in [4.78, 5) is 0. The van der Waals surface area contributed by atoms with Gasteiger partial charge in [0.25, 0.3) is 0 Å². The standard InChI is InChI=1S/C30H30O/c1-29(2,22-14-7-5-8-15-22)26-20-13-19-25(24-18-11-12-21-27(24)31)28(26)30(3,4)23-16-9-6-10-17-23/h5-21,31H,1-4H3. The smallest absolute Gasteiger partial charge is 0.123 e. The Labute approximate surface area is 186 Å². The second kappa shape index (κ2) is 8.07. The Morgan fingerprint density at radius 2 is 0.968 bits per heavy atom. The number of rotatable bonds is 5. The molecule has 0 aromatic heterocycles. The van der Waals surface area contributed by atoms with E-state index < -0.39 is 0 Å². The lowest BCUT2D eigenvalue weighted by atomic mass is 9.66. The van der Waals surface area contributed by atoms with Crippen LogP contribution in [0.25, 0.3) is 11.1 Å². The zero-order valence-electron chi connectivity index (χ0n) is 18.8. The molecule has 0 aliphatic carbocycles. The molecule has 4 rings (SSSR count). The molecule has 0 unspecified atom stereocenters. The fraction of sp³-hybridized carbons (Fsp3) is 0.200. The molecule has 0 amide bonds. The molecule has 31 heavy (non-hydrogen) atoms. The van der Waals surface area contributed by atoms with E-state index in [1.54, 1.807) is 6.07 Å². The summed E-state index contributed by atoms with van der Waals surface area (Å²) in [5, 5.41) is 10.7. The molecule has 1 nitrogen and oxygen atoms in total. The normalized spacial score (nSPS) is 12.0. The lowest BCUT2D eigenvalue weighted by Gasteiger charge is -2.37. The van der Waals surface area contributed by atoms with Crippen LogP contribution >= 0.6 is 0 Å². The van der Waals surface area contributed by atoms with E-state index in [4.69, 9.17) is 0 Å². The average molecular weight is 407 g/mol. The van der Waals surface area contributed by atoms with Crippen LogP contribution in [0.15, 0.2) is 103 Å². The van der Waals surface area contributed by atoms with Crippen LogP contribution < -0.4 is 0 Å². The van der Waals surface area contributed by atoms with Gasteiger partial charge >= 0.3 is 0 Å². The quantitative estimate of drug-likeness (QED) is 0.360. The molecule has 0 aliphatic heterocycles. The van der Waals surface area contributed by atoms with E-state index in [-0.39, 0.29) is 10.8 Å². The van der Waals surface area contributed by atoms with Crippen molar-refractivity contribution in [1.82, 2.24) is 0 Å². The lowest BCUT2D eigenvalue weighted by Crippen LogP contribution is -2.29. The molecule has 0 heterocycles. The van der Waals surface area contributed by atoms with Crippen molar-refractivity contribution in [2.24, 2.45) is 0 Å². The summed E-state index contributed by atoms with van der Waals surface area (Å²) in [5.74, 6) is 0.308. The molecule has 0 radical (unpaired) electrons. The zero-order valence-corrected chi connectivity index (χ0v) is 18.8.